The number of benzene rings is 1. The van der Waals surface area contributed by atoms with Gasteiger partial charge in [-0.1, -0.05) is 19.1 Å². The van der Waals surface area contributed by atoms with Gasteiger partial charge in [0.05, 0.1) is 0 Å². The molecule has 1 fully saturated rings. The first-order valence-electron chi connectivity index (χ1n) is 9.43. The summed E-state index contributed by atoms with van der Waals surface area (Å²) in [6.45, 7) is 6.46. The smallest absolute Gasteiger partial charge is 0.222 e. The summed E-state index contributed by atoms with van der Waals surface area (Å²) in [5.74, 6) is 1.03. The van der Waals surface area contributed by atoms with Crippen LogP contribution in [0.5, 0.6) is 0 Å². The number of aliphatic imine (C=N–C) groups is 1. The summed E-state index contributed by atoms with van der Waals surface area (Å²) < 4.78 is 0. The SMILES string of the molecule is CCC(=O)N1CCC(NC(=NC)NCCc2c[nH]c3cccc(C)c23)C1.I. The first-order chi connectivity index (χ1) is 12.6. The maximum atomic E-state index is 11.8. The minimum absolute atomic E-state index is 0. The molecule has 2 aromatic rings. The van der Waals surface area contributed by atoms with E-state index in [1.54, 1.807) is 7.05 Å². The fourth-order valence-corrected chi connectivity index (χ4v) is 3.68. The maximum absolute atomic E-state index is 11.8. The molecule has 27 heavy (non-hydrogen) atoms. The second kappa shape index (κ2) is 9.96. The second-order valence-electron chi connectivity index (χ2n) is 6.88. The second-order valence-corrected chi connectivity index (χ2v) is 6.88. The van der Waals surface area contributed by atoms with E-state index in [0.717, 1.165) is 38.4 Å². The highest BCUT2D eigenvalue weighted by Crippen LogP contribution is 2.22. The molecule has 1 aliphatic heterocycles. The van der Waals surface area contributed by atoms with E-state index in [9.17, 15) is 4.79 Å². The van der Waals surface area contributed by atoms with E-state index in [1.807, 2.05) is 11.8 Å². The summed E-state index contributed by atoms with van der Waals surface area (Å²) in [5, 5.41) is 8.16. The van der Waals surface area contributed by atoms with Crippen molar-refractivity contribution >= 4 is 46.7 Å². The van der Waals surface area contributed by atoms with Gasteiger partial charge in [-0.25, -0.2) is 0 Å². The van der Waals surface area contributed by atoms with E-state index in [0.29, 0.717) is 6.42 Å². The van der Waals surface area contributed by atoms with E-state index < -0.39 is 0 Å². The number of H-pyrrole nitrogens is 1. The Balaban J connectivity index is 0.00000261. The fraction of sp³-hybridized carbons (Fsp3) is 0.500. The number of aryl methyl sites for hydroxylation is 1. The molecule has 1 unspecified atom stereocenters. The van der Waals surface area contributed by atoms with Crippen LogP contribution < -0.4 is 10.6 Å². The van der Waals surface area contributed by atoms with Crippen LogP contribution in [0, 0.1) is 6.92 Å². The molecular weight excluding hydrogens is 453 g/mol. The Labute approximate surface area is 178 Å². The third kappa shape index (κ3) is 5.15. The monoisotopic (exact) mass is 483 g/mol. The van der Waals surface area contributed by atoms with E-state index in [2.05, 4.69) is 51.9 Å². The number of hydrogen-bond acceptors (Lipinski definition) is 2. The lowest BCUT2D eigenvalue weighted by Crippen LogP contribution is -2.45. The number of fused-ring (bicyclic) bond motifs is 1. The minimum Gasteiger partial charge on any atom is -0.361 e. The van der Waals surface area contributed by atoms with Crippen molar-refractivity contribution < 1.29 is 4.79 Å². The molecule has 2 heterocycles. The Bertz CT molecular complexity index is 801. The first kappa shape index (κ1) is 21.5. The number of carbonyl (C=O) groups is 1. The van der Waals surface area contributed by atoms with Gasteiger partial charge >= 0.3 is 0 Å². The van der Waals surface area contributed by atoms with Crippen molar-refractivity contribution in [1.29, 1.82) is 0 Å². The molecule has 3 N–H and O–H groups in total. The molecule has 1 aromatic heterocycles. The van der Waals surface area contributed by atoms with Crippen LogP contribution in [0.3, 0.4) is 0 Å². The molecule has 7 heteroatoms. The van der Waals surface area contributed by atoms with Crippen LogP contribution in [-0.2, 0) is 11.2 Å². The average Bonchev–Trinajstić information content (AvgIpc) is 3.28. The number of rotatable bonds is 5. The Morgan fingerprint density at radius 2 is 2.22 bits per heavy atom. The summed E-state index contributed by atoms with van der Waals surface area (Å²) in [7, 11) is 1.79. The zero-order valence-corrected chi connectivity index (χ0v) is 18.7. The third-order valence-corrected chi connectivity index (χ3v) is 5.09. The molecule has 1 amide bonds. The zero-order chi connectivity index (χ0) is 18.5. The lowest BCUT2D eigenvalue weighted by atomic mass is 10.1. The van der Waals surface area contributed by atoms with Crippen LogP contribution >= 0.6 is 24.0 Å². The molecule has 1 aromatic carbocycles. The summed E-state index contributed by atoms with van der Waals surface area (Å²) in [5.41, 5.74) is 3.81. The van der Waals surface area contributed by atoms with E-state index in [-0.39, 0.29) is 35.9 Å². The molecule has 0 saturated carbocycles. The number of nitrogens with one attached hydrogen (secondary N) is 3. The fourth-order valence-electron chi connectivity index (χ4n) is 3.68. The summed E-state index contributed by atoms with van der Waals surface area (Å²) >= 11 is 0. The molecule has 1 aliphatic rings. The zero-order valence-electron chi connectivity index (χ0n) is 16.3. The molecular formula is C20H30IN5O. The van der Waals surface area contributed by atoms with Gasteiger partial charge < -0.3 is 20.5 Å². The third-order valence-electron chi connectivity index (χ3n) is 5.09. The van der Waals surface area contributed by atoms with Crippen molar-refractivity contribution in [3.8, 4) is 0 Å². The van der Waals surface area contributed by atoms with Gasteiger partial charge in [-0.2, -0.15) is 0 Å². The Morgan fingerprint density at radius 1 is 1.41 bits per heavy atom. The standard InChI is InChI=1S/C20H29N5O.HI/c1-4-18(26)25-11-9-16(13-25)24-20(21-3)22-10-8-15-12-23-17-7-5-6-14(2)19(15)17;/h5-7,12,16,23H,4,8-11,13H2,1-3H3,(H2,21,22,24);1H. The van der Waals surface area contributed by atoms with Crippen LogP contribution in [0.2, 0.25) is 0 Å². The topological polar surface area (TPSA) is 72.5 Å². The Morgan fingerprint density at radius 3 is 2.96 bits per heavy atom. The Kier molecular flexibility index (Phi) is 7.94. The quantitative estimate of drug-likeness (QED) is 0.348. The largest absolute Gasteiger partial charge is 0.361 e. The van der Waals surface area contributed by atoms with Crippen LogP contribution in [0.25, 0.3) is 10.9 Å². The van der Waals surface area contributed by atoms with E-state index >= 15 is 0 Å². The number of amides is 1. The average molecular weight is 483 g/mol. The normalized spacial score (nSPS) is 17.1. The highest BCUT2D eigenvalue weighted by Gasteiger charge is 2.25. The van der Waals surface area contributed by atoms with Crippen molar-refractivity contribution in [2.24, 2.45) is 4.99 Å². The lowest BCUT2D eigenvalue weighted by Gasteiger charge is -2.18. The maximum Gasteiger partial charge on any atom is 0.222 e. The predicted octanol–water partition coefficient (Wildman–Crippen LogP) is 2.81. The van der Waals surface area contributed by atoms with Gasteiger partial charge in [0.15, 0.2) is 5.96 Å². The van der Waals surface area contributed by atoms with Gasteiger partial charge in [-0.3, -0.25) is 9.79 Å². The van der Waals surface area contributed by atoms with Gasteiger partial charge in [0.25, 0.3) is 0 Å². The van der Waals surface area contributed by atoms with Gasteiger partial charge in [0.1, 0.15) is 0 Å². The summed E-state index contributed by atoms with van der Waals surface area (Å²) in [4.78, 5) is 21.4. The van der Waals surface area contributed by atoms with Gasteiger partial charge in [-0.15, -0.1) is 24.0 Å². The van der Waals surface area contributed by atoms with Crippen LogP contribution in [0.15, 0.2) is 29.4 Å². The molecule has 0 radical (unpaired) electrons. The number of carbonyl (C=O) groups excluding carboxylic acids is 1. The van der Waals surface area contributed by atoms with E-state index in [4.69, 9.17) is 0 Å². The van der Waals surface area contributed by atoms with Gasteiger partial charge in [0, 0.05) is 56.2 Å². The van der Waals surface area contributed by atoms with Crippen molar-refractivity contribution in [1.82, 2.24) is 20.5 Å². The Hall–Kier alpha value is -1.77. The highest BCUT2D eigenvalue weighted by molar-refractivity contribution is 14.0. The number of hydrogen-bond donors (Lipinski definition) is 3. The molecule has 3 rings (SSSR count). The number of likely N-dealkylation sites (tertiary alicyclic amines) is 1. The molecule has 0 bridgehead atoms. The van der Waals surface area contributed by atoms with Gasteiger partial charge in [-0.05, 0) is 37.0 Å². The van der Waals surface area contributed by atoms with Crippen molar-refractivity contribution in [3.05, 3.63) is 35.5 Å². The van der Waals surface area contributed by atoms with Gasteiger partial charge in [0.2, 0.25) is 5.91 Å². The van der Waals surface area contributed by atoms with Crippen LogP contribution in [-0.4, -0.2) is 54.5 Å². The van der Waals surface area contributed by atoms with Crippen molar-refractivity contribution in [2.45, 2.75) is 39.2 Å². The summed E-state index contributed by atoms with van der Waals surface area (Å²) in [6, 6.07) is 6.61. The predicted molar refractivity (Wildman–Crippen MR) is 122 cm³/mol. The molecule has 0 spiro atoms. The minimum atomic E-state index is 0. The van der Waals surface area contributed by atoms with Crippen molar-refractivity contribution in [3.63, 3.8) is 0 Å². The number of aromatic nitrogens is 1. The number of halogens is 1. The van der Waals surface area contributed by atoms with Crippen LogP contribution in [0.4, 0.5) is 0 Å². The lowest BCUT2D eigenvalue weighted by molar-refractivity contribution is -0.129. The highest BCUT2D eigenvalue weighted by atomic mass is 127. The van der Waals surface area contributed by atoms with Crippen molar-refractivity contribution in [2.75, 3.05) is 26.7 Å². The molecule has 1 saturated heterocycles. The van der Waals surface area contributed by atoms with E-state index in [1.165, 1.54) is 22.0 Å². The molecule has 1 atom stereocenters. The first-order valence-corrected chi connectivity index (χ1v) is 9.43. The number of guanidine groups is 1. The molecule has 6 nitrogen and oxygen atoms in total. The number of aromatic amines is 1. The number of nitrogens with zero attached hydrogens (tertiary/aromatic N) is 2. The molecule has 148 valence electrons. The van der Waals surface area contributed by atoms with Crippen LogP contribution in [0.1, 0.15) is 30.9 Å². The summed E-state index contributed by atoms with van der Waals surface area (Å²) in [6.07, 6.45) is 4.56. The molecule has 0 aliphatic carbocycles.